The highest BCUT2D eigenvalue weighted by Gasteiger charge is 2.07. The normalized spacial score (nSPS) is 11.1. The van der Waals surface area contributed by atoms with Crippen molar-refractivity contribution < 1.29 is 13.2 Å². The lowest BCUT2D eigenvalue weighted by atomic mass is 10.1. The number of nitrogen functional groups attached to an aromatic ring is 1. The summed E-state index contributed by atoms with van der Waals surface area (Å²) in [6.07, 6.45) is 0.122. The van der Waals surface area contributed by atoms with Crippen LogP contribution in [0.5, 0.6) is 0 Å². The maximum atomic E-state index is 11.4. The molecule has 7 heteroatoms. The monoisotopic (exact) mass is 257 g/mol. The van der Waals surface area contributed by atoms with Crippen molar-refractivity contribution in [1.29, 1.82) is 0 Å². The summed E-state index contributed by atoms with van der Waals surface area (Å²) < 4.78 is 21.3. The molecule has 1 amide bonds. The summed E-state index contributed by atoms with van der Waals surface area (Å²) >= 11 is 0. The molecule has 0 aromatic heterocycles. The van der Waals surface area contributed by atoms with E-state index in [1.807, 2.05) is 0 Å². The number of carbonyl (C=O) groups is 1. The van der Waals surface area contributed by atoms with E-state index in [2.05, 4.69) is 5.32 Å². The van der Waals surface area contributed by atoms with Gasteiger partial charge in [-0.25, -0.2) is 13.6 Å². The molecule has 1 aromatic carbocycles. The van der Waals surface area contributed by atoms with Crippen molar-refractivity contribution in [1.82, 2.24) is 5.32 Å². The molecule has 5 N–H and O–H groups in total. The maximum Gasteiger partial charge on any atom is 0.224 e. The minimum atomic E-state index is -3.54. The third-order valence-corrected chi connectivity index (χ3v) is 2.89. The fraction of sp³-hybridized carbons (Fsp3) is 0.300. The van der Waals surface area contributed by atoms with Crippen molar-refractivity contribution in [2.24, 2.45) is 5.14 Å². The van der Waals surface area contributed by atoms with E-state index in [9.17, 15) is 13.2 Å². The fourth-order valence-electron chi connectivity index (χ4n) is 1.26. The number of carbonyl (C=O) groups excluding carboxylic acids is 1. The average Bonchev–Trinajstić information content (AvgIpc) is 2.19. The highest BCUT2D eigenvalue weighted by atomic mass is 32.2. The molecule has 0 bridgehead atoms. The van der Waals surface area contributed by atoms with Gasteiger partial charge < -0.3 is 11.1 Å². The Morgan fingerprint density at radius 1 is 1.29 bits per heavy atom. The third-order valence-electron chi connectivity index (χ3n) is 2.11. The van der Waals surface area contributed by atoms with Crippen molar-refractivity contribution >= 4 is 21.6 Å². The van der Waals surface area contributed by atoms with Crippen molar-refractivity contribution in [3.63, 3.8) is 0 Å². The molecular formula is C10H15N3O3S. The number of nitrogens with two attached hydrogens (primary N) is 2. The number of anilines is 1. The number of rotatable bonds is 5. The molecular weight excluding hydrogens is 242 g/mol. The summed E-state index contributed by atoms with van der Waals surface area (Å²) in [4.78, 5) is 11.4. The molecule has 0 saturated heterocycles. The third kappa shape index (κ3) is 5.32. The van der Waals surface area contributed by atoms with E-state index < -0.39 is 10.0 Å². The van der Waals surface area contributed by atoms with Crippen LogP contribution >= 0.6 is 0 Å². The number of primary sulfonamides is 1. The van der Waals surface area contributed by atoms with E-state index in [1.54, 1.807) is 24.3 Å². The first-order valence-corrected chi connectivity index (χ1v) is 6.70. The van der Waals surface area contributed by atoms with Gasteiger partial charge in [-0.05, 0) is 11.6 Å². The summed E-state index contributed by atoms with van der Waals surface area (Å²) in [5.41, 5.74) is 6.92. The first-order valence-electron chi connectivity index (χ1n) is 4.99. The van der Waals surface area contributed by atoms with Crippen molar-refractivity contribution in [2.45, 2.75) is 6.42 Å². The number of hydrogen-bond acceptors (Lipinski definition) is 4. The molecule has 0 fully saturated rings. The molecule has 0 spiro atoms. The van der Waals surface area contributed by atoms with E-state index in [0.717, 1.165) is 0 Å². The second-order valence-corrected chi connectivity index (χ2v) is 5.33. The van der Waals surface area contributed by atoms with Crippen molar-refractivity contribution in [3.8, 4) is 0 Å². The van der Waals surface area contributed by atoms with Gasteiger partial charge in [0.2, 0.25) is 15.9 Å². The molecule has 6 nitrogen and oxygen atoms in total. The second-order valence-electron chi connectivity index (χ2n) is 3.59. The number of para-hydroxylation sites is 1. The fourth-order valence-corrected chi connectivity index (χ4v) is 1.65. The summed E-state index contributed by atoms with van der Waals surface area (Å²) in [6.45, 7) is 0.00437. The SMILES string of the molecule is Nc1ccccc1CC(=O)NCCS(N)(=O)=O. The Labute approximate surface area is 100 Å². The van der Waals surface area contributed by atoms with Crippen LogP contribution in [0.3, 0.4) is 0 Å². The number of hydrogen-bond donors (Lipinski definition) is 3. The predicted molar refractivity (Wildman–Crippen MR) is 65.5 cm³/mol. The predicted octanol–water partition coefficient (Wildman–Crippen LogP) is -0.784. The lowest BCUT2D eigenvalue weighted by Gasteiger charge is -2.06. The van der Waals surface area contributed by atoms with Crippen LogP contribution in [-0.2, 0) is 21.2 Å². The smallest absolute Gasteiger partial charge is 0.224 e. The second kappa shape index (κ2) is 5.65. The number of nitrogens with one attached hydrogen (secondary N) is 1. The van der Waals surface area contributed by atoms with Gasteiger partial charge in [0, 0.05) is 12.2 Å². The number of sulfonamides is 1. The molecule has 0 aliphatic rings. The van der Waals surface area contributed by atoms with Crippen LogP contribution in [0.4, 0.5) is 5.69 Å². The van der Waals surface area contributed by atoms with Crippen molar-refractivity contribution in [3.05, 3.63) is 29.8 Å². The van der Waals surface area contributed by atoms with Gasteiger partial charge in [0.1, 0.15) is 0 Å². The van der Waals surface area contributed by atoms with Gasteiger partial charge >= 0.3 is 0 Å². The Morgan fingerprint density at radius 2 is 1.94 bits per heavy atom. The minimum absolute atomic E-state index is 0.00437. The molecule has 0 atom stereocenters. The van der Waals surface area contributed by atoms with Crippen LogP contribution in [0.2, 0.25) is 0 Å². The van der Waals surface area contributed by atoms with Crippen LogP contribution in [-0.4, -0.2) is 26.6 Å². The van der Waals surface area contributed by atoms with Crippen LogP contribution in [0.1, 0.15) is 5.56 Å². The van der Waals surface area contributed by atoms with Gasteiger partial charge in [-0.2, -0.15) is 0 Å². The van der Waals surface area contributed by atoms with Gasteiger partial charge in [-0.3, -0.25) is 4.79 Å². The molecule has 17 heavy (non-hydrogen) atoms. The van der Waals surface area contributed by atoms with E-state index in [4.69, 9.17) is 10.9 Å². The largest absolute Gasteiger partial charge is 0.398 e. The summed E-state index contributed by atoms with van der Waals surface area (Å²) in [5, 5.41) is 7.26. The van der Waals surface area contributed by atoms with Crippen LogP contribution in [0, 0.1) is 0 Å². The van der Waals surface area contributed by atoms with Crippen LogP contribution in [0.25, 0.3) is 0 Å². The van der Waals surface area contributed by atoms with Gasteiger partial charge in [0.15, 0.2) is 0 Å². The Kier molecular flexibility index (Phi) is 4.47. The summed E-state index contributed by atoms with van der Waals surface area (Å²) in [6, 6.07) is 7.00. The Morgan fingerprint density at radius 3 is 2.53 bits per heavy atom. The molecule has 94 valence electrons. The number of benzene rings is 1. The van der Waals surface area contributed by atoms with Gasteiger partial charge in [-0.15, -0.1) is 0 Å². The van der Waals surface area contributed by atoms with Gasteiger partial charge in [0.05, 0.1) is 12.2 Å². The van der Waals surface area contributed by atoms with E-state index in [0.29, 0.717) is 11.3 Å². The van der Waals surface area contributed by atoms with Crippen LogP contribution in [0.15, 0.2) is 24.3 Å². The molecule has 1 rings (SSSR count). The lowest BCUT2D eigenvalue weighted by molar-refractivity contribution is -0.120. The van der Waals surface area contributed by atoms with Crippen LogP contribution < -0.4 is 16.2 Å². The van der Waals surface area contributed by atoms with E-state index in [-0.39, 0.29) is 24.6 Å². The molecule has 0 saturated carbocycles. The molecule has 0 aliphatic carbocycles. The Balaban J connectivity index is 2.43. The molecule has 0 unspecified atom stereocenters. The average molecular weight is 257 g/mol. The molecule has 1 aromatic rings. The quantitative estimate of drug-likeness (QED) is 0.600. The zero-order valence-corrected chi connectivity index (χ0v) is 10.0. The Hall–Kier alpha value is -1.60. The maximum absolute atomic E-state index is 11.4. The lowest BCUT2D eigenvalue weighted by Crippen LogP contribution is -2.32. The zero-order chi connectivity index (χ0) is 12.9. The first kappa shape index (κ1) is 13.5. The van der Waals surface area contributed by atoms with E-state index >= 15 is 0 Å². The first-order chi connectivity index (χ1) is 7.88. The van der Waals surface area contributed by atoms with Crippen molar-refractivity contribution in [2.75, 3.05) is 18.0 Å². The molecule has 0 radical (unpaired) electrons. The summed E-state index contributed by atoms with van der Waals surface area (Å²) in [7, 11) is -3.54. The van der Waals surface area contributed by atoms with Gasteiger partial charge in [-0.1, -0.05) is 18.2 Å². The Bertz CT molecular complexity index is 499. The highest BCUT2D eigenvalue weighted by Crippen LogP contribution is 2.10. The standard InChI is InChI=1S/C10H15N3O3S/c11-9-4-2-1-3-8(9)7-10(14)13-5-6-17(12,15)16/h1-4H,5-7,11H2,(H,13,14)(H2,12,15,16). The number of amides is 1. The topological polar surface area (TPSA) is 115 Å². The minimum Gasteiger partial charge on any atom is -0.398 e. The molecule has 0 heterocycles. The van der Waals surface area contributed by atoms with E-state index in [1.165, 1.54) is 0 Å². The summed E-state index contributed by atoms with van der Waals surface area (Å²) in [5.74, 6) is -0.560. The zero-order valence-electron chi connectivity index (χ0n) is 9.22. The highest BCUT2D eigenvalue weighted by molar-refractivity contribution is 7.89. The molecule has 0 aliphatic heterocycles. The van der Waals surface area contributed by atoms with Gasteiger partial charge in [0.25, 0.3) is 0 Å².